The van der Waals surface area contributed by atoms with Crippen LogP contribution in [-0.4, -0.2) is 39.3 Å². The van der Waals surface area contributed by atoms with Gasteiger partial charge in [0, 0.05) is 55.4 Å². The molecule has 0 spiro atoms. The first kappa shape index (κ1) is 23.4. The number of fused-ring (bicyclic) bond motifs is 2. The van der Waals surface area contributed by atoms with Crippen LogP contribution in [0.4, 0.5) is 4.79 Å². The standard InChI is InChI=1S/C27H32N4O3/c1-27(2,3)34-26(33)29-22(17-20-18-30(4)24-12-8-6-10-21(20)24)25(32)28-14-16-31-15-13-19-9-5-7-11-23(19)31/h5-13,15,18,22H,14,16-17H2,1-4H3,(H,28,32)(H,29,33)/t22-/m1/s1. The van der Waals surface area contributed by atoms with E-state index >= 15 is 0 Å². The van der Waals surface area contributed by atoms with Crippen LogP contribution < -0.4 is 10.6 Å². The number of carbonyl (C=O) groups excluding carboxylic acids is 2. The summed E-state index contributed by atoms with van der Waals surface area (Å²) in [6.07, 6.45) is 3.78. The van der Waals surface area contributed by atoms with Crippen molar-refractivity contribution in [3.05, 3.63) is 72.6 Å². The van der Waals surface area contributed by atoms with Gasteiger partial charge >= 0.3 is 6.09 Å². The first-order chi connectivity index (χ1) is 16.2. The van der Waals surface area contributed by atoms with Crippen LogP contribution in [0, 0.1) is 0 Å². The van der Waals surface area contributed by atoms with E-state index in [9.17, 15) is 9.59 Å². The maximum absolute atomic E-state index is 13.2. The Morgan fingerprint density at radius 3 is 2.47 bits per heavy atom. The van der Waals surface area contributed by atoms with E-state index in [1.807, 2.05) is 60.4 Å². The van der Waals surface area contributed by atoms with Crippen LogP contribution in [0.5, 0.6) is 0 Å². The summed E-state index contributed by atoms with van der Waals surface area (Å²) in [4.78, 5) is 25.7. The predicted molar refractivity (Wildman–Crippen MR) is 135 cm³/mol. The fourth-order valence-corrected chi connectivity index (χ4v) is 4.23. The molecule has 1 atom stereocenters. The molecule has 2 amide bonds. The van der Waals surface area contributed by atoms with E-state index < -0.39 is 17.7 Å². The quantitative estimate of drug-likeness (QED) is 0.430. The summed E-state index contributed by atoms with van der Waals surface area (Å²) >= 11 is 0. The van der Waals surface area contributed by atoms with E-state index in [4.69, 9.17) is 4.74 Å². The van der Waals surface area contributed by atoms with Crippen molar-refractivity contribution >= 4 is 33.8 Å². The number of aryl methyl sites for hydroxylation is 1. The van der Waals surface area contributed by atoms with Crippen LogP contribution in [0.3, 0.4) is 0 Å². The number of nitrogens with one attached hydrogen (secondary N) is 2. The van der Waals surface area contributed by atoms with Crippen molar-refractivity contribution < 1.29 is 14.3 Å². The van der Waals surface area contributed by atoms with Gasteiger partial charge in [-0.05, 0) is 49.9 Å². The minimum absolute atomic E-state index is 0.241. The monoisotopic (exact) mass is 460 g/mol. The number of para-hydroxylation sites is 2. The van der Waals surface area contributed by atoms with Crippen molar-refractivity contribution in [2.24, 2.45) is 7.05 Å². The minimum Gasteiger partial charge on any atom is -0.444 e. The number of aromatic nitrogens is 2. The smallest absolute Gasteiger partial charge is 0.408 e. The maximum atomic E-state index is 13.2. The van der Waals surface area contributed by atoms with E-state index in [0.29, 0.717) is 19.5 Å². The second kappa shape index (κ2) is 9.63. The van der Waals surface area contributed by atoms with Gasteiger partial charge in [-0.25, -0.2) is 4.79 Å². The molecule has 2 aromatic carbocycles. The Kier molecular flexibility index (Phi) is 6.63. The van der Waals surface area contributed by atoms with Crippen LogP contribution in [0.25, 0.3) is 21.8 Å². The Morgan fingerprint density at radius 2 is 1.71 bits per heavy atom. The highest BCUT2D eigenvalue weighted by Crippen LogP contribution is 2.22. The molecule has 0 aliphatic carbocycles. The third-order valence-corrected chi connectivity index (χ3v) is 5.74. The zero-order chi connectivity index (χ0) is 24.3. The molecular formula is C27H32N4O3. The summed E-state index contributed by atoms with van der Waals surface area (Å²) in [6, 6.07) is 17.5. The van der Waals surface area contributed by atoms with Crippen LogP contribution in [0.1, 0.15) is 26.3 Å². The second-order valence-corrected chi connectivity index (χ2v) is 9.54. The van der Waals surface area contributed by atoms with Crippen molar-refractivity contribution in [2.45, 2.75) is 45.4 Å². The third-order valence-electron chi connectivity index (χ3n) is 5.74. The summed E-state index contributed by atoms with van der Waals surface area (Å²) < 4.78 is 9.56. The number of hydrogen-bond acceptors (Lipinski definition) is 3. The second-order valence-electron chi connectivity index (χ2n) is 9.54. The van der Waals surface area contributed by atoms with Gasteiger partial charge in [-0.1, -0.05) is 36.4 Å². The molecule has 34 heavy (non-hydrogen) atoms. The highest BCUT2D eigenvalue weighted by atomic mass is 16.6. The van der Waals surface area contributed by atoms with E-state index in [0.717, 1.165) is 27.4 Å². The Bertz CT molecular complexity index is 1310. The Labute approximate surface area is 199 Å². The van der Waals surface area contributed by atoms with E-state index in [1.54, 1.807) is 20.8 Å². The van der Waals surface area contributed by atoms with Crippen LogP contribution >= 0.6 is 0 Å². The molecule has 0 saturated heterocycles. The largest absolute Gasteiger partial charge is 0.444 e. The molecule has 2 N–H and O–H groups in total. The van der Waals surface area contributed by atoms with Crippen molar-refractivity contribution in [3.8, 4) is 0 Å². The molecule has 2 aromatic heterocycles. The van der Waals surface area contributed by atoms with Gasteiger partial charge in [-0.2, -0.15) is 0 Å². The molecule has 0 aliphatic rings. The lowest BCUT2D eigenvalue weighted by Crippen LogP contribution is -2.49. The highest BCUT2D eigenvalue weighted by molar-refractivity contribution is 5.88. The number of alkyl carbamates (subject to hydrolysis) is 1. The fourth-order valence-electron chi connectivity index (χ4n) is 4.23. The molecule has 0 radical (unpaired) electrons. The molecule has 4 rings (SSSR count). The topological polar surface area (TPSA) is 77.3 Å². The van der Waals surface area contributed by atoms with Crippen LogP contribution in [-0.2, 0) is 29.5 Å². The van der Waals surface area contributed by atoms with Gasteiger partial charge in [0.2, 0.25) is 5.91 Å². The average Bonchev–Trinajstić information content (AvgIpc) is 3.33. The first-order valence-corrected chi connectivity index (χ1v) is 11.6. The van der Waals surface area contributed by atoms with Gasteiger partial charge < -0.3 is 24.5 Å². The molecule has 178 valence electrons. The lowest BCUT2D eigenvalue weighted by atomic mass is 10.0. The molecule has 0 bridgehead atoms. The molecule has 0 aliphatic heterocycles. The van der Waals surface area contributed by atoms with Crippen LogP contribution in [0.2, 0.25) is 0 Å². The van der Waals surface area contributed by atoms with Crippen molar-refractivity contribution in [3.63, 3.8) is 0 Å². The van der Waals surface area contributed by atoms with E-state index in [-0.39, 0.29) is 5.91 Å². The molecule has 2 heterocycles. The van der Waals surface area contributed by atoms with Gasteiger partial charge in [0.25, 0.3) is 0 Å². The summed E-state index contributed by atoms with van der Waals surface area (Å²) in [7, 11) is 1.98. The van der Waals surface area contributed by atoms with Gasteiger partial charge in [-0.3, -0.25) is 4.79 Å². The van der Waals surface area contributed by atoms with Gasteiger partial charge in [0.05, 0.1) is 0 Å². The maximum Gasteiger partial charge on any atom is 0.408 e. The first-order valence-electron chi connectivity index (χ1n) is 11.6. The number of hydrogen-bond donors (Lipinski definition) is 2. The molecule has 4 aromatic rings. The van der Waals surface area contributed by atoms with E-state index in [1.165, 1.54) is 0 Å². The molecule has 0 fully saturated rings. The Balaban J connectivity index is 1.48. The summed E-state index contributed by atoms with van der Waals surface area (Å²) in [6.45, 7) is 6.47. The van der Waals surface area contributed by atoms with Crippen molar-refractivity contribution in [2.75, 3.05) is 6.54 Å². The zero-order valence-electron chi connectivity index (χ0n) is 20.2. The number of ether oxygens (including phenoxy) is 1. The van der Waals surface area contributed by atoms with Gasteiger partial charge in [0.15, 0.2) is 0 Å². The lowest BCUT2D eigenvalue weighted by molar-refractivity contribution is -0.123. The Morgan fingerprint density at radius 1 is 1.00 bits per heavy atom. The lowest BCUT2D eigenvalue weighted by Gasteiger charge is -2.23. The molecule has 0 unspecified atom stereocenters. The molecule has 7 heteroatoms. The minimum atomic E-state index is -0.762. The number of nitrogens with zero attached hydrogens (tertiary/aromatic N) is 2. The number of rotatable bonds is 7. The summed E-state index contributed by atoms with van der Waals surface area (Å²) in [5.41, 5.74) is 2.54. The highest BCUT2D eigenvalue weighted by Gasteiger charge is 2.25. The normalized spacial score (nSPS) is 12.6. The number of carbonyl (C=O) groups is 2. The summed E-state index contributed by atoms with van der Waals surface area (Å²) in [5, 5.41) is 8.00. The fraction of sp³-hybridized carbons (Fsp3) is 0.333. The van der Waals surface area contributed by atoms with E-state index in [2.05, 4.69) is 33.4 Å². The Hall–Kier alpha value is -3.74. The number of benzene rings is 2. The molecule has 0 saturated carbocycles. The third kappa shape index (κ3) is 5.42. The average molecular weight is 461 g/mol. The van der Waals surface area contributed by atoms with Gasteiger partial charge in [0.1, 0.15) is 11.6 Å². The zero-order valence-corrected chi connectivity index (χ0v) is 20.2. The predicted octanol–water partition coefficient (Wildman–Crippen LogP) is 4.39. The van der Waals surface area contributed by atoms with Crippen LogP contribution in [0.15, 0.2) is 67.0 Å². The van der Waals surface area contributed by atoms with Crippen molar-refractivity contribution in [1.82, 2.24) is 19.8 Å². The molecular weight excluding hydrogens is 428 g/mol. The molecule has 7 nitrogen and oxygen atoms in total. The van der Waals surface area contributed by atoms with Crippen molar-refractivity contribution in [1.29, 1.82) is 0 Å². The number of amides is 2. The SMILES string of the molecule is Cn1cc(C[C@@H](NC(=O)OC(C)(C)C)C(=O)NCCn2ccc3ccccc32)c2ccccc21. The van der Waals surface area contributed by atoms with Gasteiger partial charge in [-0.15, -0.1) is 0 Å². The summed E-state index contributed by atoms with van der Waals surface area (Å²) in [5.74, 6) is -0.241.